The largest absolute Gasteiger partial charge is 0.467 e. The minimum absolute atomic E-state index is 0.0179. The molecule has 0 aliphatic carbocycles. The lowest BCUT2D eigenvalue weighted by Crippen LogP contribution is -2.32. The average Bonchev–Trinajstić information content (AvgIpc) is 3.41. The summed E-state index contributed by atoms with van der Waals surface area (Å²) < 4.78 is 5.30. The van der Waals surface area contributed by atoms with Crippen LogP contribution in [0, 0.1) is 11.8 Å². The Bertz CT molecular complexity index is 811. The van der Waals surface area contributed by atoms with E-state index < -0.39 is 0 Å². The number of hydrogen-bond acceptors (Lipinski definition) is 6. The van der Waals surface area contributed by atoms with E-state index >= 15 is 0 Å². The number of nitrogens with one attached hydrogen (secondary N) is 1. The Morgan fingerprint density at radius 2 is 2.18 bits per heavy atom. The van der Waals surface area contributed by atoms with Crippen LogP contribution in [0.5, 0.6) is 0 Å². The van der Waals surface area contributed by atoms with Gasteiger partial charge in [0.25, 0.3) is 0 Å². The second-order valence-corrected chi connectivity index (χ2v) is 8.70. The van der Waals surface area contributed by atoms with Crippen LogP contribution in [0.3, 0.4) is 0 Å². The summed E-state index contributed by atoms with van der Waals surface area (Å²) in [5.74, 6) is 1.03. The maximum absolute atomic E-state index is 12.6. The van der Waals surface area contributed by atoms with Crippen LogP contribution >= 0.6 is 11.3 Å². The van der Waals surface area contributed by atoms with Crippen LogP contribution in [0.15, 0.2) is 28.2 Å². The summed E-state index contributed by atoms with van der Waals surface area (Å²) in [6, 6.07) is 3.63. The van der Waals surface area contributed by atoms with Crippen LogP contribution in [0.4, 0.5) is 5.13 Å². The number of aromatic nitrogens is 1. The molecule has 7 nitrogen and oxygen atoms in total. The summed E-state index contributed by atoms with van der Waals surface area (Å²) in [6.07, 6.45) is 4.29. The van der Waals surface area contributed by atoms with Gasteiger partial charge in [0, 0.05) is 24.9 Å². The number of carbonyl (C=O) groups excluding carboxylic acids is 2. The first kappa shape index (κ1) is 19.1. The van der Waals surface area contributed by atoms with Crippen molar-refractivity contribution in [2.45, 2.75) is 39.3 Å². The molecule has 0 bridgehead atoms. The molecule has 4 heterocycles. The van der Waals surface area contributed by atoms with Crippen LogP contribution in [0.25, 0.3) is 0 Å². The number of hydrogen-bond donors (Lipinski definition) is 1. The van der Waals surface area contributed by atoms with Gasteiger partial charge in [-0.05, 0) is 44.0 Å². The highest BCUT2D eigenvalue weighted by atomic mass is 32.1. The lowest BCUT2D eigenvalue weighted by molar-refractivity contribution is -0.128. The number of thiazole rings is 1. The molecule has 0 saturated carbocycles. The highest BCUT2D eigenvalue weighted by molar-refractivity contribution is 7.13. The Balaban J connectivity index is 1.28. The van der Waals surface area contributed by atoms with Crippen molar-refractivity contribution in [3.8, 4) is 0 Å². The number of carbonyl (C=O) groups is 2. The van der Waals surface area contributed by atoms with Crippen LogP contribution in [0.1, 0.15) is 37.6 Å². The molecule has 150 valence electrons. The van der Waals surface area contributed by atoms with Gasteiger partial charge in [-0.3, -0.25) is 14.5 Å². The van der Waals surface area contributed by atoms with Gasteiger partial charge in [-0.25, -0.2) is 4.98 Å². The topological polar surface area (TPSA) is 78.7 Å². The zero-order chi connectivity index (χ0) is 19.5. The molecular weight excluding hydrogens is 376 g/mol. The summed E-state index contributed by atoms with van der Waals surface area (Å²) in [7, 11) is 0. The number of furan rings is 1. The van der Waals surface area contributed by atoms with Crippen LogP contribution in [-0.4, -0.2) is 46.2 Å². The second-order valence-electron chi connectivity index (χ2n) is 7.85. The van der Waals surface area contributed by atoms with Crippen molar-refractivity contribution in [3.63, 3.8) is 0 Å². The summed E-state index contributed by atoms with van der Waals surface area (Å²) in [5.41, 5.74) is 0.997. The Labute approximate surface area is 168 Å². The molecule has 2 aromatic rings. The zero-order valence-corrected chi connectivity index (χ0v) is 16.9. The van der Waals surface area contributed by atoms with Gasteiger partial charge in [-0.1, -0.05) is 6.92 Å². The molecule has 1 unspecified atom stereocenters. The van der Waals surface area contributed by atoms with Crippen molar-refractivity contribution >= 4 is 28.3 Å². The molecule has 28 heavy (non-hydrogen) atoms. The third kappa shape index (κ3) is 4.62. The molecule has 0 radical (unpaired) electrons. The highest BCUT2D eigenvalue weighted by Gasteiger charge is 2.35. The van der Waals surface area contributed by atoms with Crippen LogP contribution in [-0.2, 0) is 22.7 Å². The van der Waals surface area contributed by atoms with Gasteiger partial charge in [0.1, 0.15) is 5.76 Å². The second kappa shape index (κ2) is 8.45. The van der Waals surface area contributed by atoms with Gasteiger partial charge in [-0.2, -0.15) is 0 Å². The lowest BCUT2D eigenvalue weighted by Gasteiger charge is -2.29. The monoisotopic (exact) mass is 402 g/mol. The lowest BCUT2D eigenvalue weighted by atomic mass is 9.99. The number of rotatable bonds is 6. The van der Waals surface area contributed by atoms with Crippen molar-refractivity contribution < 1.29 is 14.0 Å². The first-order valence-corrected chi connectivity index (χ1v) is 10.7. The molecule has 2 aromatic heterocycles. The minimum Gasteiger partial charge on any atom is -0.467 e. The van der Waals surface area contributed by atoms with Gasteiger partial charge < -0.3 is 14.6 Å². The number of nitrogens with zero attached hydrogens (tertiary/aromatic N) is 3. The fraction of sp³-hybridized carbons (Fsp3) is 0.550. The zero-order valence-electron chi connectivity index (χ0n) is 16.1. The molecule has 4 rings (SSSR count). The molecule has 2 saturated heterocycles. The molecule has 2 aliphatic rings. The molecular formula is C20H26N4O3S. The van der Waals surface area contributed by atoms with Gasteiger partial charge in [0.2, 0.25) is 11.8 Å². The van der Waals surface area contributed by atoms with Gasteiger partial charge in [0.05, 0.1) is 24.4 Å². The molecule has 1 atom stereocenters. The number of likely N-dealkylation sites (tertiary alicyclic amines) is 2. The SMILES string of the molecule is CC1CCN(Cc2csc(NC(=O)C3CC(=O)N(Cc4ccco4)C3)n2)CC1. The molecule has 2 aliphatic heterocycles. The molecule has 0 aromatic carbocycles. The predicted octanol–water partition coefficient (Wildman–Crippen LogP) is 2.96. The van der Waals surface area contributed by atoms with E-state index in [1.165, 1.54) is 24.2 Å². The van der Waals surface area contributed by atoms with E-state index in [4.69, 9.17) is 4.42 Å². The predicted molar refractivity (Wildman–Crippen MR) is 107 cm³/mol. The van der Waals surface area contributed by atoms with Crippen molar-refractivity contribution in [1.29, 1.82) is 0 Å². The Kier molecular flexibility index (Phi) is 5.77. The van der Waals surface area contributed by atoms with Gasteiger partial charge in [0.15, 0.2) is 5.13 Å². The maximum Gasteiger partial charge on any atom is 0.231 e. The van der Waals surface area contributed by atoms with E-state index in [2.05, 4.69) is 22.1 Å². The first-order chi connectivity index (χ1) is 13.6. The van der Waals surface area contributed by atoms with E-state index in [0.29, 0.717) is 18.2 Å². The summed E-state index contributed by atoms with van der Waals surface area (Å²) in [5, 5.41) is 5.52. The number of anilines is 1. The van der Waals surface area contributed by atoms with E-state index in [1.807, 2.05) is 11.4 Å². The molecule has 8 heteroatoms. The van der Waals surface area contributed by atoms with Crippen molar-refractivity contribution in [1.82, 2.24) is 14.8 Å². The van der Waals surface area contributed by atoms with Gasteiger partial charge >= 0.3 is 0 Å². The van der Waals surface area contributed by atoms with Crippen molar-refractivity contribution in [2.24, 2.45) is 11.8 Å². The Morgan fingerprint density at radius 3 is 2.93 bits per heavy atom. The van der Waals surface area contributed by atoms with E-state index in [0.717, 1.165) is 37.0 Å². The van der Waals surface area contributed by atoms with Crippen LogP contribution in [0.2, 0.25) is 0 Å². The highest BCUT2D eigenvalue weighted by Crippen LogP contribution is 2.24. The fourth-order valence-corrected chi connectivity index (χ4v) is 4.49. The first-order valence-electron chi connectivity index (χ1n) is 9.84. The fourth-order valence-electron chi connectivity index (χ4n) is 3.79. The molecule has 2 amide bonds. The normalized spacial score (nSPS) is 21.4. The summed E-state index contributed by atoms with van der Waals surface area (Å²) in [6.45, 7) is 6.17. The molecule has 2 fully saturated rings. The van der Waals surface area contributed by atoms with E-state index in [1.54, 1.807) is 17.2 Å². The third-order valence-electron chi connectivity index (χ3n) is 5.56. The van der Waals surface area contributed by atoms with E-state index in [9.17, 15) is 9.59 Å². The van der Waals surface area contributed by atoms with Crippen molar-refractivity contribution in [2.75, 3.05) is 25.0 Å². The van der Waals surface area contributed by atoms with E-state index in [-0.39, 0.29) is 24.2 Å². The molecule has 0 spiro atoms. The standard InChI is InChI=1S/C20H26N4O3S/c1-14-4-6-23(7-5-14)11-16-13-28-20(21-16)22-19(26)15-9-18(25)24(10-15)12-17-3-2-8-27-17/h2-3,8,13-15H,4-7,9-12H2,1H3,(H,21,22,26). The minimum atomic E-state index is -0.349. The number of piperidine rings is 1. The van der Waals surface area contributed by atoms with Gasteiger partial charge in [-0.15, -0.1) is 11.3 Å². The molecule has 1 N–H and O–H groups in total. The maximum atomic E-state index is 12.6. The quantitative estimate of drug-likeness (QED) is 0.804. The smallest absolute Gasteiger partial charge is 0.231 e. The van der Waals surface area contributed by atoms with Crippen molar-refractivity contribution in [3.05, 3.63) is 35.2 Å². The van der Waals surface area contributed by atoms with Crippen LogP contribution < -0.4 is 5.32 Å². The summed E-state index contributed by atoms with van der Waals surface area (Å²) in [4.78, 5) is 33.4. The summed E-state index contributed by atoms with van der Waals surface area (Å²) >= 11 is 1.45. The number of amides is 2. The Morgan fingerprint density at radius 1 is 1.36 bits per heavy atom. The Hall–Kier alpha value is -2.19. The average molecular weight is 403 g/mol. The third-order valence-corrected chi connectivity index (χ3v) is 6.36.